The summed E-state index contributed by atoms with van der Waals surface area (Å²) in [6.45, 7) is 3.47. The standard InChI is InChI=1S/C45H84NO10P/c1-3-5-7-9-11-12-13-14-15-16-17-18-19-20-21-22-23-27-32-36-45(50)56-41(40-55-57(51,52)54-38-37-46)39-53-44(49)35-31-28-24-26-30-34-43(48)42(47)33-29-25-10-8-6-4-2/h11-12,14-15,25,29,41-43,47-48H,3-10,13,16-24,26-28,30-40,46H2,1-2H3,(H,51,52)/b12-11-,15-14-,29-25-/t41-,42-,43-/m1/s1. The molecular weight excluding hydrogens is 745 g/mol. The first-order chi connectivity index (χ1) is 27.6. The zero-order chi connectivity index (χ0) is 42.1. The van der Waals surface area contributed by atoms with Crippen LogP contribution in [0.15, 0.2) is 36.5 Å². The number of hydrogen-bond donors (Lipinski definition) is 4. The van der Waals surface area contributed by atoms with Crippen LogP contribution in [0, 0.1) is 0 Å². The maximum atomic E-state index is 12.6. The SMILES string of the molecule is CCCCC/C=C\C/C=C\CCCCCCCCCCCC(=O)O[C@H](COC(=O)CCCCCCC[C@@H](O)[C@H](O)C/C=C\CCCCC)COP(=O)(O)OCCN. The zero-order valence-corrected chi connectivity index (χ0v) is 36.9. The molecule has 334 valence electrons. The van der Waals surface area contributed by atoms with Crippen LogP contribution < -0.4 is 5.73 Å². The van der Waals surface area contributed by atoms with Gasteiger partial charge in [-0.05, 0) is 70.6 Å². The molecule has 11 nitrogen and oxygen atoms in total. The highest BCUT2D eigenvalue weighted by molar-refractivity contribution is 7.47. The van der Waals surface area contributed by atoms with Crippen LogP contribution in [0.4, 0.5) is 0 Å². The largest absolute Gasteiger partial charge is 0.472 e. The molecule has 0 aromatic heterocycles. The molecule has 4 atom stereocenters. The van der Waals surface area contributed by atoms with Gasteiger partial charge in [0, 0.05) is 19.4 Å². The average Bonchev–Trinajstić information content (AvgIpc) is 3.19. The molecule has 0 aliphatic rings. The van der Waals surface area contributed by atoms with E-state index in [1.54, 1.807) is 0 Å². The van der Waals surface area contributed by atoms with Crippen LogP contribution in [-0.2, 0) is 32.7 Å². The lowest BCUT2D eigenvalue weighted by Crippen LogP contribution is -2.29. The van der Waals surface area contributed by atoms with Gasteiger partial charge < -0.3 is 30.3 Å². The number of esters is 2. The van der Waals surface area contributed by atoms with Crippen molar-refractivity contribution in [3.05, 3.63) is 36.5 Å². The van der Waals surface area contributed by atoms with Crippen LogP contribution in [0.1, 0.15) is 194 Å². The Morgan fingerprint density at radius 2 is 1.09 bits per heavy atom. The molecular formula is C45H84NO10P. The Bertz CT molecular complexity index is 1070. The molecule has 0 rings (SSSR count). The van der Waals surface area contributed by atoms with Crippen LogP contribution in [0.2, 0.25) is 0 Å². The first kappa shape index (κ1) is 55.2. The Morgan fingerprint density at radius 3 is 1.65 bits per heavy atom. The Morgan fingerprint density at radius 1 is 0.596 bits per heavy atom. The molecule has 0 fully saturated rings. The van der Waals surface area contributed by atoms with Crippen LogP contribution in [0.3, 0.4) is 0 Å². The van der Waals surface area contributed by atoms with Crippen molar-refractivity contribution >= 4 is 19.8 Å². The molecule has 0 aromatic carbocycles. The predicted octanol–water partition coefficient (Wildman–Crippen LogP) is 10.9. The van der Waals surface area contributed by atoms with Gasteiger partial charge in [-0.15, -0.1) is 0 Å². The van der Waals surface area contributed by atoms with Crippen molar-refractivity contribution in [2.24, 2.45) is 5.73 Å². The van der Waals surface area contributed by atoms with Gasteiger partial charge in [0.1, 0.15) is 6.61 Å². The number of unbranched alkanes of at least 4 members (excludes halogenated alkanes) is 19. The molecule has 0 aromatic rings. The third-order valence-corrected chi connectivity index (χ3v) is 10.7. The summed E-state index contributed by atoms with van der Waals surface area (Å²) in [6, 6.07) is 0. The maximum Gasteiger partial charge on any atom is 0.472 e. The van der Waals surface area contributed by atoms with Crippen LogP contribution in [0.5, 0.6) is 0 Å². The number of phosphoric acid groups is 1. The number of aliphatic hydroxyl groups excluding tert-OH is 2. The number of allylic oxidation sites excluding steroid dienone is 5. The highest BCUT2D eigenvalue weighted by atomic mass is 31.2. The number of nitrogens with two attached hydrogens (primary N) is 1. The molecule has 0 spiro atoms. The third kappa shape index (κ3) is 39.4. The van der Waals surface area contributed by atoms with E-state index in [0.717, 1.165) is 70.6 Å². The van der Waals surface area contributed by atoms with Gasteiger partial charge in [-0.25, -0.2) is 4.57 Å². The van der Waals surface area contributed by atoms with Crippen LogP contribution in [-0.4, -0.2) is 71.7 Å². The zero-order valence-electron chi connectivity index (χ0n) is 36.0. The molecule has 0 heterocycles. The Balaban J connectivity index is 4.24. The Kier molecular flexibility index (Phi) is 39.6. The van der Waals surface area contributed by atoms with Crippen molar-refractivity contribution in [3.63, 3.8) is 0 Å². The molecule has 0 aliphatic carbocycles. The summed E-state index contributed by atoms with van der Waals surface area (Å²) < 4.78 is 32.7. The van der Waals surface area contributed by atoms with Crippen LogP contribution in [0.25, 0.3) is 0 Å². The minimum Gasteiger partial charge on any atom is -0.462 e. The van der Waals surface area contributed by atoms with Crippen LogP contribution >= 0.6 is 7.82 Å². The maximum absolute atomic E-state index is 12.6. The number of carbonyl (C=O) groups excluding carboxylic acids is 2. The second kappa shape index (κ2) is 40.9. The van der Waals surface area contributed by atoms with E-state index in [0.29, 0.717) is 25.7 Å². The summed E-state index contributed by atoms with van der Waals surface area (Å²) in [7, 11) is -4.41. The summed E-state index contributed by atoms with van der Waals surface area (Å²) in [5, 5.41) is 20.4. The van der Waals surface area contributed by atoms with Gasteiger partial charge in [0.25, 0.3) is 0 Å². The number of hydrogen-bond acceptors (Lipinski definition) is 10. The third-order valence-electron chi connectivity index (χ3n) is 9.70. The summed E-state index contributed by atoms with van der Waals surface area (Å²) >= 11 is 0. The Labute approximate surface area is 347 Å². The van der Waals surface area contributed by atoms with Gasteiger partial charge in [-0.1, -0.05) is 147 Å². The van der Waals surface area contributed by atoms with E-state index in [2.05, 4.69) is 44.2 Å². The lowest BCUT2D eigenvalue weighted by Gasteiger charge is -2.20. The van der Waals surface area contributed by atoms with Crippen molar-refractivity contribution in [1.29, 1.82) is 0 Å². The summed E-state index contributed by atoms with van der Waals surface area (Å²) in [6.07, 6.45) is 37.6. The molecule has 0 bridgehead atoms. The van der Waals surface area contributed by atoms with Gasteiger partial charge in [0.2, 0.25) is 0 Å². The molecule has 5 N–H and O–H groups in total. The van der Waals surface area contributed by atoms with Crippen molar-refractivity contribution in [2.45, 2.75) is 212 Å². The minimum atomic E-state index is -4.41. The van der Waals surface area contributed by atoms with E-state index < -0.39 is 44.7 Å². The molecule has 1 unspecified atom stereocenters. The first-order valence-corrected chi connectivity index (χ1v) is 24.1. The van der Waals surface area contributed by atoms with Gasteiger partial charge in [0.05, 0.1) is 25.4 Å². The lowest BCUT2D eigenvalue weighted by molar-refractivity contribution is -0.161. The molecule has 0 radical (unpaired) electrons. The van der Waals surface area contributed by atoms with Crippen molar-refractivity contribution in [3.8, 4) is 0 Å². The first-order valence-electron chi connectivity index (χ1n) is 22.6. The second-order valence-electron chi connectivity index (χ2n) is 15.2. The van der Waals surface area contributed by atoms with E-state index in [1.807, 2.05) is 6.08 Å². The average molecular weight is 830 g/mol. The highest BCUT2D eigenvalue weighted by Gasteiger charge is 2.26. The predicted molar refractivity (Wildman–Crippen MR) is 232 cm³/mol. The van der Waals surface area contributed by atoms with Gasteiger partial charge in [-0.2, -0.15) is 0 Å². The van der Waals surface area contributed by atoms with Gasteiger partial charge in [-0.3, -0.25) is 18.6 Å². The number of aliphatic hydroxyl groups is 2. The second-order valence-corrected chi connectivity index (χ2v) is 16.7. The molecule has 12 heteroatoms. The number of phosphoric ester groups is 1. The monoisotopic (exact) mass is 830 g/mol. The number of rotatable bonds is 42. The van der Waals surface area contributed by atoms with E-state index in [9.17, 15) is 29.3 Å². The molecule has 0 saturated carbocycles. The fourth-order valence-corrected chi connectivity index (χ4v) is 6.92. The molecule has 0 aliphatic heterocycles. The quantitative estimate of drug-likeness (QED) is 0.0199. The lowest BCUT2D eigenvalue weighted by atomic mass is 10.0. The Hall–Kier alpha value is -1.85. The molecule has 0 amide bonds. The summed E-state index contributed by atoms with van der Waals surface area (Å²) in [5.41, 5.74) is 5.34. The van der Waals surface area contributed by atoms with Crippen molar-refractivity contribution < 1.29 is 47.8 Å². The topological polar surface area (TPSA) is 175 Å². The smallest absolute Gasteiger partial charge is 0.462 e. The van der Waals surface area contributed by atoms with Gasteiger partial charge in [0.15, 0.2) is 6.10 Å². The normalized spacial score (nSPS) is 14.7. The van der Waals surface area contributed by atoms with E-state index in [-0.39, 0.29) is 32.6 Å². The molecule has 57 heavy (non-hydrogen) atoms. The summed E-state index contributed by atoms with van der Waals surface area (Å²) in [4.78, 5) is 34.9. The van der Waals surface area contributed by atoms with Crippen molar-refractivity contribution in [2.75, 3.05) is 26.4 Å². The number of carbonyl (C=O) groups is 2. The number of ether oxygens (including phenoxy) is 2. The van der Waals surface area contributed by atoms with E-state index in [1.165, 1.54) is 70.6 Å². The minimum absolute atomic E-state index is 0.0295. The highest BCUT2D eigenvalue weighted by Crippen LogP contribution is 2.43. The van der Waals surface area contributed by atoms with E-state index >= 15 is 0 Å². The fourth-order valence-electron chi connectivity index (χ4n) is 6.16. The fraction of sp³-hybridized carbons (Fsp3) is 0.822. The van der Waals surface area contributed by atoms with E-state index in [4.69, 9.17) is 24.3 Å². The summed E-state index contributed by atoms with van der Waals surface area (Å²) in [5.74, 6) is -0.943. The molecule has 0 saturated heterocycles. The van der Waals surface area contributed by atoms with Gasteiger partial charge >= 0.3 is 19.8 Å². The van der Waals surface area contributed by atoms with Crippen molar-refractivity contribution in [1.82, 2.24) is 0 Å².